The highest BCUT2D eigenvalue weighted by atomic mass is 32.2. The molecule has 1 aromatic rings. The van der Waals surface area contributed by atoms with Crippen molar-refractivity contribution in [2.45, 2.75) is 42.8 Å². The van der Waals surface area contributed by atoms with Crippen LogP contribution < -0.4 is 10.2 Å². The van der Waals surface area contributed by atoms with Gasteiger partial charge in [0.15, 0.2) is 9.84 Å². The summed E-state index contributed by atoms with van der Waals surface area (Å²) in [7, 11) is -2.21. The first-order valence-electron chi connectivity index (χ1n) is 6.76. The molecule has 21 heavy (non-hydrogen) atoms. The molecule has 1 aromatic carbocycles. The Balaban J connectivity index is 3.09. The van der Waals surface area contributed by atoms with E-state index in [-0.39, 0.29) is 11.3 Å². The third-order valence-corrected chi connectivity index (χ3v) is 5.42. The van der Waals surface area contributed by atoms with Crippen LogP contribution in [0, 0.1) is 0 Å². The van der Waals surface area contributed by atoms with Crippen LogP contribution in [0.3, 0.4) is 0 Å². The summed E-state index contributed by atoms with van der Waals surface area (Å²) in [6, 6.07) is 6.16. The minimum absolute atomic E-state index is 0.119. The van der Waals surface area contributed by atoms with E-state index in [1.807, 2.05) is 6.92 Å². The molecule has 1 amide bonds. The Morgan fingerprint density at radius 2 is 2.14 bits per heavy atom. The Morgan fingerprint density at radius 3 is 2.71 bits per heavy atom. The van der Waals surface area contributed by atoms with Crippen molar-refractivity contribution in [3.05, 3.63) is 24.3 Å². The van der Waals surface area contributed by atoms with Crippen molar-refractivity contribution in [3.8, 4) is 5.75 Å². The van der Waals surface area contributed by atoms with Gasteiger partial charge in [-0.25, -0.2) is 13.9 Å². The second-order valence-electron chi connectivity index (χ2n) is 4.73. The van der Waals surface area contributed by atoms with Gasteiger partial charge in [-0.2, -0.15) is 0 Å². The molecule has 1 unspecified atom stereocenters. The molecule has 0 saturated carbocycles. The second kappa shape index (κ2) is 7.99. The molecule has 0 bridgehead atoms. The maximum atomic E-state index is 12.6. The summed E-state index contributed by atoms with van der Waals surface area (Å²) in [5, 5.41) is 7.75. The fraction of sp³-hybridized carbons (Fsp3) is 0.500. The molecule has 0 aliphatic heterocycles. The monoisotopic (exact) mass is 315 g/mol. The number of carbonyl (C=O) groups is 1. The number of hydrogen-bond donors (Lipinski definition) is 2. The first-order valence-corrected chi connectivity index (χ1v) is 8.31. The number of carbonyl (C=O) groups excluding carboxylic acids is 1. The van der Waals surface area contributed by atoms with Crippen LogP contribution >= 0.6 is 0 Å². The highest BCUT2D eigenvalue weighted by Gasteiger charge is 2.29. The van der Waals surface area contributed by atoms with Gasteiger partial charge < -0.3 is 4.74 Å². The molecular formula is C14H21NO5S. The smallest absolute Gasteiger partial charge is 0.244 e. The number of ether oxygens (including phenoxy) is 1. The van der Waals surface area contributed by atoms with Gasteiger partial charge >= 0.3 is 0 Å². The fourth-order valence-corrected chi connectivity index (χ4v) is 3.80. The lowest BCUT2D eigenvalue weighted by Crippen LogP contribution is -2.30. The minimum Gasteiger partial charge on any atom is -0.497 e. The van der Waals surface area contributed by atoms with E-state index in [0.717, 1.165) is 6.42 Å². The van der Waals surface area contributed by atoms with Gasteiger partial charge in [0.2, 0.25) is 5.91 Å². The van der Waals surface area contributed by atoms with E-state index in [4.69, 9.17) is 9.94 Å². The molecule has 1 atom stereocenters. The lowest BCUT2D eigenvalue weighted by molar-refractivity contribution is -0.129. The standard InChI is InChI=1S/C14H21NO5S/c1-3-4-7-13(10-14(16)15-17)21(18,19)12-8-5-6-11(9-12)20-2/h5-6,8-9,13,17H,3-4,7,10H2,1-2H3,(H,15,16). The molecule has 0 heterocycles. The van der Waals surface area contributed by atoms with Gasteiger partial charge in [-0.15, -0.1) is 0 Å². The van der Waals surface area contributed by atoms with E-state index in [0.29, 0.717) is 18.6 Å². The molecular weight excluding hydrogens is 294 g/mol. The summed E-state index contributed by atoms with van der Waals surface area (Å²) in [5.74, 6) is -0.264. The van der Waals surface area contributed by atoms with Crippen molar-refractivity contribution in [1.82, 2.24) is 5.48 Å². The van der Waals surface area contributed by atoms with Crippen LogP contribution in [0.5, 0.6) is 5.75 Å². The lowest BCUT2D eigenvalue weighted by Gasteiger charge is -2.17. The maximum absolute atomic E-state index is 12.6. The van der Waals surface area contributed by atoms with Gasteiger partial charge in [-0.05, 0) is 24.6 Å². The summed E-state index contributed by atoms with van der Waals surface area (Å²) < 4.78 is 30.3. The number of unbranched alkanes of at least 4 members (excludes halogenated alkanes) is 1. The van der Waals surface area contributed by atoms with Crippen molar-refractivity contribution in [2.24, 2.45) is 0 Å². The average molecular weight is 315 g/mol. The van der Waals surface area contributed by atoms with Crippen molar-refractivity contribution in [3.63, 3.8) is 0 Å². The topological polar surface area (TPSA) is 92.7 Å². The lowest BCUT2D eigenvalue weighted by atomic mass is 10.1. The summed E-state index contributed by atoms with van der Waals surface area (Å²) in [6.45, 7) is 1.95. The minimum atomic E-state index is -3.66. The van der Waals surface area contributed by atoms with Crippen LogP contribution in [0.4, 0.5) is 0 Å². The zero-order chi connectivity index (χ0) is 15.9. The van der Waals surface area contributed by atoms with Crippen LogP contribution in [-0.2, 0) is 14.6 Å². The van der Waals surface area contributed by atoms with Crippen molar-refractivity contribution < 1.29 is 23.2 Å². The van der Waals surface area contributed by atoms with Crippen LogP contribution in [0.25, 0.3) is 0 Å². The van der Waals surface area contributed by atoms with Gasteiger partial charge in [0.05, 0.1) is 17.3 Å². The molecule has 0 radical (unpaired) electrons. The van der Waals surface area contributed by atoms with Crippen molar-refractivity contribution in [1.29, 1.82) is 0 Å². The van der Waals surface area contributed by atoms with E-state index in [1.165, 1.54) is 24.7 Å². The first kappa shape index (κ1) is 17.5. The van der Waals surface area contributed by atoms with Crippen molar-refractivity contribution in [2.75, 3.05) is 7.11 Å². The van der Waals surface area contributed by atoms with Crippen LogP contribution in [0.15, 0.2) is 29.2 Å². The Kier molecular flexibility index (Phi) is 6.64. The Bertz CT molecular complexity index is 570. The summed E-state index contributed by atoms with van der Waals surface area (Å²) in [5.41, 5.74) is 1.49. The van der Waals surface area contributed by atoms with Crippen LogP contribution in [-0.4, -0.2) is 31.9 Å². The highest BCUT2D eigenvalue weighted by Crippen LogP contribution is 2.25. The van der Waals surface area contributed by atoms with Crippen molar-refractivity contribution >= 4 is 15.7 Å². The van der Waals surface area contributed by atoms with E-state index in [1.54, 1.807) is 12.1 Å². The molecule has 1 rings (SSSR count). The van der Waals surface area contributed by atoms with Gasteiger partial charge in [-0.3, -0.25) is 10.0 Å². The molecule has 2 N–H and O–H groups in total. The number of rotatable bonds is 8. The molecule has 0 saturated heterocycles. The molecule has 6 nitrogen and oxygen atoms in total. The molecule has 0 aromatic heterocycles. The Labute approximate surface area is 125 Å². The number of sulfone groups is 1. The summed E-state index contributed by atoms with van der Waals surface area (Å²) >= 11 is 0. The van der Waals surface area contributed by atoms with E-state index < -0.39 is 21.0 Å². The third kappa shape index (κ3) is 4.71. The number of amides is 1. The van der Waals surface area contributed by atoms with Gasteiger partial charge in [0, 0.05) is 6.42 Å². The zero-order valence-electron chi connectivity index (χ0n) is 12.2. The summed E-state index contributed by atoms with van der Waals surface area (Å²) in [4.78, 5) is 11.5. The Hall–Kier alpha value is -1.60. The average Bonchev–Trinajstić information content (AvgIpc) is 2.50. The molecule has 7 heteroatoms. The van der Waals surface area contributed by atoms with E-state index in [2.05, 4.69) is 0 Å². The van der Waals surface area contributed by atoms with E-state index >= 15 is 0 Å². The maximum Gasteiger partial charge on any atom is 0.244 e. The third-order valence-electron chi connectivity index (χ3n) is 3.23. The largest absolute Gasteiger partial charge is 0.497 e. The number of hydroxylamine groups is 1. The number of hydrogen-bond acceptors (Lipinski definition) is 5. The predicted molar refractivity (Wildman–Crippen MR) is 78.0 cm³/mol. The molecule has 0 aliphatic carbocycles. The van der Waals surface area contributed by atoms with Crippen LogP contribution in [0.2, 0.25) is 0 Å². The predicted octanol–water partition coefficient (Wildman–Crippen LogP) is 1.92. The normalized spacial score (nSPS) is 12.7. The molecule has 0 fully saturated rings. The zero-order valence-corrected chi connectivity index (χ0v) is 13.0. The van der Waals surface area contributed by atoms with E-state index in [9.17, 15) is 13.2 Å². The number of benzene rings is 1. The van der Waals surface area contributed by atoms with Crippen LogP contribution in [0.1, 0.15) is 32.6 Å². The second-order valence-corrected chi connectivity index (χ2v) is 6.96. The Morgan fingerprint density at radius 1 is 1.43 bits per heavy atom. The first-order chi connectivity index (χ1) is 9.95. The quantitative estimate of drug-likeness (QED) is 0.565. The van der Waals surface area contributed by atoms with Gasteiger partial charge in [0.25, 0.3) is 0 Å². The summed E-state index contributed by atoms with van der Waals surface area (Å²) in [6.07, 6.45) is 1.61. The molecule has 0 spiro atoms. The molecule has 118 valence electrons. The van der Waals surface area contributed by atoms with Gasteiger partial charge in [0.1, 0.15) is 5.75 Å². The SMILES string of the molecule is CCCCC(CC(=O)NO)S(=O)(=O)c1cccc(OC)c1. The highest BCUT2D eigenvalue weighted by molar-refractivity contribution is 7.92. The molecule has 0 aliphatic rings. The van der Waals surface area contributed by atoms with Gasteiger partial charge in [-0.1, -0.05) is 25.8 Å². The fourth-order valence-electron chi connectivity index (χ4n) is 2.02. The number of nitrogens with one attached hydrogen (secondary N) is 1. The number of methoxy groups -OCH3 is 1.